The summed E-state index contributed by atoms with van der Waals surface area (Å²) in [5.41, 5.74) is 2.62. The molecule has 1 unspecified atom stereocenters. The summed E-state index contributed by atoms with van der Waals surface area (Å²) in [5, 5.41) is 23.1. The average Bonchev–Trinajstić information content (AvgIpc) is 2.86. The van der Waals surface area contributed by atoms with Crippen LogP contribution in [-0.4, -0.2) is 71.3 Å². The minimum absolute atomic E-state index is 0.00266. The van der Waals surface area contributed by atoms with Gasteiger partial charge >= 0.3 is 0 Å². The number of carbonyl (C=O) groups excluding carboxylic acids is 1. The molecule has 1 aliphatic carbocycles. The quantitative estimate of drug-likeness (QED) is 0.534. The number of amides is 1. The first kappa shape index (κ1) is 24.7. The fourth-order valence-electron chi connectivity index (χ4n) is 4.29. The van der Waals surface area contributed by atoms with Gasteiger partial charge < -0.3 is 24.4 Å². The number of hydrogen-bond acceptors (Lipinski definition) is 7. The third-order valence-corrected chi connectivity index (χ3v) is 6.30. The molecule has 184 valence electrons. The monoisotopic (exact) mass is 474 g/mol. The summed E-state index contributed by atoms with van der Waals surface area (Å²) in [5.74, 6) is -0.847. The average molecular weight is 475 g/mol. The number of halogens is 1. The SMILES string of the molecule is O=C(NN1CCOCC1)[C@@]1(OCc2ccccc2)CC(OCc2ccccc2F)[C@H](O)[C@H](O)C1. The zero-order chi connectivity index (χ0) is 24.0. The Labute approximate surface area is 198 Å². The van der Waals surface area contributed by atoms with Crippen LogP contribution in [0, 0.1) is 5.82 Å². The van der Waals surface area contributed by atoms with E-state index < -0.39 is 35.6 Å². The van der Waals surface area contributed by atoms with Gasteiger partial charge in [0, 0.05) is 31.5 Å². The van der Waals surface area contributed by atoms with Crippen molar-refractivity contribution < 1.29 is 33.6 Å². The number of benzene rings is 2. The number of hydrazine groups is 1. The molecule has 4 rings (SSSR count). The molecule has 1 saturated heterocycles. The van der Waals surface area contributed by atoms with Crippen molar-refractivity contribution in [1.82, 2.24) is 10.4 Å². The van der Waals surface area contributed by atoms with E-state index in [1.807, 2.05) is 30.3 Å². The van der Waals surface area contributed by atoms with Gasteiger partial charge in [-0.05, 0) is 11.6 Å². The second-order valence-electron chi connectivity index (χ2n) is 8.72. The fourth-order valence-corrected chi connectivity index (χ4v) is 4.29. The molecule has 2 aromatic carbocycles. The predicted octanol–water partition coefficient (Wildman–Crippen LogP) is 1.55. The normalized spacial score (nSPS) is 27.9. The lowest BCUT2D eigenvalue weighted by atomic mass is 9.78. The lowest BCUT2D eigenvalue weighted by Crippen LogP contribution is -2.63. The van der Waals surface area contributed by atoms with Gasteiger partial charge in [-0.3, -0.25) is 10.2 Å². The molecule has 2 fully saturated rings. The van der Waals surface area contributed by atoms with E-state index in [1.54, 1.807) is 23.2 Å². The molecule has 0 aromatic heterocycles. The molecule has 2 aliphatic rings. The highest BCUT2D eigenvalue weighted by molar-refractivity contribution is 5.85. The Balaban J connectivity index is 1.53. The highest BCUT2D eigenvalue weighted by Gasteiger charge is 2.52. The van der Waals surface area contributed by atoms with Crippen molar-refractivity contribution in [2.45, 2.75) is 50.0 Å². The van der Waals surface area contributed by atoms with Gasteiger partial charge in [0.2, 0.25) is 0 Å². The van der Waals surface area contributed by atoms with Crippen LogP contribution < -0.4 is 5.43 Å². The number of rotatable bonds is 8. The first-order chi connectivity index (χ1) is 16.5. The second kappa shape index (κ2) is 11.4. The van der Waals surface area contributed by atoms with Crippen LogP contribution in [0.2, 0.25) is 0 Å². The first-order valence-corrected chi connectivity index (χ1v) is 11.5. The zero-order valence-corrected chi connectivity index (χ0v) is 18.9. The fraction of sp³-hybridized carbons (Fsp3) is 0.480. The van der Waals surface area contributed by atoms with Crippen LogP contribution in [0.5, 0.6) is 0 Å². The molecule has 1 aliphatic heterocycles. The third-order valence-electron chi connectivity index (χ3n) is 6.30. The van der Waals surface area contributed by atoms with E-state index in [2.05, 4.69) is 5.43 Å². The number of nitrogens with one attached hydrogen (secondary N) is 1. The highest BCUT2D eigenvalue weighted by Crippen LogP contribution is 2.36. The van der Waals surface area contributed by atoms with Crippen molar-refractivity contribution in [1.29, 1.82) is 0 Å². The van der Waals surface area contributed by atoms with Crippen LogP contribution in [0.3, 0.4) is 0 Å². The minimum Gasteiger partial charge on any atom is -0.390 e. The lowest BCUT2D eigenvalue weighted by molar-refractivity contribution is -0.203. The summed E-state index contributed by atoms with van der Waals surface area (Å²) in [6.07, 6.45) is -3.53. The number of carbonyl (C=O) groups is 1. The van der Waals surface area contributed by atoms with Gasteiger partial charge in [-0.25, -0.2) is 9.40 Å². The van der Waals surface area contributed by atoms with Crippen molar-refractivity contribution in [2.75, 3.05) is 26.3 Å². The zero-order valence-electron chi connectivity index (χ0n) is 18.9. The number of aliphatic hydroxyl groups is 2. The van der Waals surface area contributed by atoms with Crippen LogP contribution in [0.1, 0.15) is 24.0 Å². The van der Waals surface area contributed by atoms with Gasteiger partial charge in [-0.2, -0.15) is 0 Å². The standard InChI is InChI=1S/C25H31FN2O6/c26-20-9-5-4-8-19(20)17-33-22-15-25(14-21(29)23(22)30,34-16-18-6-2-1-3-7-18)24(31)27-28-10-12-32-13-11-28/h1-9,21-23,29-30H,10-17H2,(H,27,31)/t21-,22?,23-,25+/m1/s1. The summed E-state index contributed by atoms with van der Waals surface area (Å²) in [7, 11) is 0. The van der Waals surface area contributed by atoms with Crippen molar-refractivity contribution in [3.05, 3.63) is 71.5 Å². The summed E-state index contributed by atoms with van der Waals surface area (Å²) in [4.78, 5) is 13.5. The Morgan fingerprint density at radius 3 is 2.50 bits per heavy atom. The molecular weight excluding hydrogens is 443 g/mol. The maximum Gasteiger partial charge on any atom is 0.266 e. The smallest absolute Gasteiger partial charge is 0.266 e. The van der Waals surface area contributed by atoms with Crippen molar-refractivity contribution in [3.8, 4) is 0 Å². The van der Waals surface area contributed by atoms with E-state index in [0.29, 0.717) is 31.9 Å². The number of aliphatic hydroxyl groups excluding tert-OH is 2. The molecule has 34 heavy (non-hydrogen) atoms. The van der Waals surface area contributed by atoms with Gasteiger partial charge in [-0.15, -0.1) is 0 Å². The predicted molar refractivity (Wildman–Crippen MR) is 121 cm³/mol. The van der Waals surface area contributed by atoms with Crippen LogP contribution in [0.25, 0.3) is 0 Å². The van der Waals surface area contributed by atoms with Crippen LogP contribution in [0.15, 0.2) is 54.6 Å². The van der Waals surface area contributed by atoms with Crippen molar-refractivity contribution >= 4 is 5.91 Å². The Hall–Kier alpha value is -2.40. The third kappa shape index (κ3) is 5.99. The largest absolute Gasteiger partial charge is 0.390 e. The summed E-state index contributed by atoms with van der Waals surface area (Å²) >= 11 is 0. The number of hydrogen-bond donors (Lipinski definition) is 3. The van der Waals surface area contributed by atoms with Gasteiger partial charge in [-0.1, -0.05) is 48.5 Å². The molecule has 4 atom stereocenters. The number of ether oxygens (including phenoxy) is 3. The second-order valence-corrected chi connectivity index (χ2v) is 8.72. The molecule has 9 heteroatoms. The first-order valence-electron chi connectivity index (χ1n) is 11.5. The van der Waals surface area contributed by atoms with Gasteiger partial charge in [0.05, 0.1) is 38.6 Å². The van der Waals surface area contributed by atoms with Crippen LogP contribution in [0.4, 0.5) is 4.39 Å². The van der Waals surface area contributed by atoms with Gasteiger partial charge in [0.25, 0.3) is 5.91 Å². The Bertz CT molecular complexity index is 942. The Morgan fingerprint density at radius 2 is 1.76 bits per heavy atom. The molecule has 1 heterocycles. The van der Waals surface area contributed by atoms with Crippen molar-refractivity contribution in [3.63, 3.8) is 0 Å². The maximum atomic E-state index is 14.1. The van der Waals surface area contributed by atoms with Crippen LogP contribution >= 0.6 is 0 Å². The van der Waals surface area contributed by atoms with Gasteiger partial charge in [0.1, 0.15) is 11.9 Å². The molecule has 8 nitrogen and oxygen atoms in total. The lowest BCUT2D eigenvalue weighted by Gasteiger charge is -2.44. The molecule has 3 N–H and O–H groups in total. The molecule has 1 amide bonds. The highest BCUT2D eigenvalue weighted by atomic mass is 19.1. The van der Waals surface area contributed by atoms with Gasteiger partial charge in [0.15, 0.2) is 5.60 Å². The molecule has 0 bridgehead atoms. The number of morpholine rings is 1. The Kier molecular flexibility index (Phi) is 8.25. The van der Waals surface area contributed by atoms with E-state index in [0.717, 1.165) is 5.56 Å². The maximum absolute atomic E-state index is 14.1. The molecule has 2 aromatic rings. The molecular formula is C25H31FN2O6. The van der Waals surface area contributed by atoms with E-state index in [4.69, 9.17) is 14.2 Å². The van der Waals surface area contributed by atoms with E-state index >= 15 is 0 Å². The molecule has 0 spiro atoms. The molecule has 0 radical (unpaired) electrons. The Morgan fingerprint density at radius 1 is 1.06 bits per heavy atom. The minimum atomic E-state index is -1.45. The summed E-state index contributed by atoms with van der Waals surface area (Å²) < 4.78 is 31.4. The molecule has 1 saturated carbocycles. The summed E-state index contributed by atoms with van der Waals surface area (Å²) in [6.45, 7) is 2.07. The van der Waals surface area contributed by atoms with E-state index in [9.17, 15) is 19.4 Å². The number of nitrogens with zero attached hydrogens (tertiary/aromatic N) is 1. The van der Waals surface area contributed by atoms with E-state index in [1.165, 1.54) is 6.07 Å². The van der Waals surface area contributed by atoms with Crippen LogP contribution in [-0.2, 0) is 32.2 Å². The topological polar surface area (TPSA) is 100 Å². The van der Waals surface area contributed by atoms with Crippen molar-refractivity contribution in [2.24, 2.45) is 0 Å². The van der Waals surface area contributed by atoms with E-state index in [-0.39, 0.29) is 26.1 Å². The summed E-state index contributed by atoms with van der Waals surface area (Å²) in [6, 6.07) is 15.6.